The number of carbonyl (C=O) groups excluding carboxylic acids is 1. The Morgan fingerprint density at radius 2 is 0.652 bits per heavy atom. The van der Waals surface area contributed by atoms with Crippen molar-refractivity contribution in [3.05, 3.63) is 24.3 Å². The molecule has 1 fully saturated rings. The fraction of sp³-hybridized carbons (Fsp3) is 0.938. The number of aliphatic hydroxyl groups is 7. The zero-order valence-corrected chi connectivity index (χ0v) is 60.8. The van der Waals surface area contributed by atoms with Crippen molar-refractivity contribution >= 4 is 5.91 Å². The molecule has 0 aromatic heterocycles. The summed E-state index contributed by atoms with van der Waals surface area (Å²) >= 11 is 0. The molecule has 1 rings (SSSR count). The van der Waals surface area contributed by atoms with Crippen LogP contribution in [-0.2, 0) is 14.3 Å². The molecule has 9 unspecified atom stereocenters. The van der Waals surface area contributed by atoms with Crippen molar-refractivity contribution in [1.29, 1.82) is 0 Å². The standard InChI is InChI=1S/C81H157NO10/c1-3-5-7-9-11-13-15-17-19-21-23-25-27-29-31-33-35-36-37-39-41-43-45-47-49-51-53-55-57-59-61-63-65-67-69-74(85)80(90)82-72(71-91-81-79(89)78(88)77(87)75(70-83)92-81)76(86)73(84)68-66-64-62-60-58-56-54-52-50-48-46-44-42-40-38-34-32-30-28-26-24-22-20-18-16-14-12-10-8-6-4-2/h52,54,60,62,72-79,81,83-89H,3-51,53,55-59,61,63-71H2,1-2H3,(H,82,90)/b54-52+,62-60+. The van der Waals surface area contributed by atoms with E-state index in [4.69, 9.17) is 9.47 Å². The van der Waals surface area contributed by atoms with Gasteiger partial charge in [0.25, 0.3) is 0 Å². The van der Waals surface area contributed by atoms with Crippen LogP contribution in [0.2, 0.25) is 0 Å². The van der Waals surface area contributed by atoms with E-state index in [1.54, 1.807) is 0 Å². The second-order valence-corrected chi connectivity index (χ2v) is 28.8. The van der Waals surface area contributed by atoms with E-state index in [0.717, 1.165) is 38.5 Å². The van der Waals surface area contributed by atoms with Gasteiger partial charge in [-0.15, -0.1) is 0 Å². The van der Waals surface area contributed by atoms with Gasteiger partial charge >= 0.3 is 0 Å². The first-order valence-electron chi connectivity index (χ1n) is 40.7. The minimum atomic E-state index is -1.67. The summed E-state index contributed by atoms with van der Waals surface area (Å²) in [4.78, 5) is 13.3. The molecule has 546 valence electrons. The molecule has 1 saturated heterocycles. The smallest absolute Gasteiger partial charge is 0.249 e. The van der Waals surface area contributed by atoms with Crippen LogP contribution < -0.4 is 5.32 Å². The van der Waals surface area contributed by atoms with E-state index in [0.29, 0.717) is 19.3 Å². The number of hydrogen-bond acceptors (Lipinski definition) is 10. The Bertz CT molecular complexity index is 1550. The molecule has 1 aliphatic heterocycles. The average Bonchev–Trinajstić information content (AvgIpc) is 0.958. The second kappa shape index (κ2) is 69.5. The van der Waals surface area contributed by atoms with Crippen LogP contribution in [0.1, 0.15) is 418 Å². The summed E-state index contributed by atoms with van der Waals surface area (Å²) in [6.45, 7) is 3.52. The second-order valence-electron chi connectivity index (χ2n) is 28.8. The highest BCUT2D eigenvalue weighted by molar-refractivity contribution is 5.80. The van der Waals surface area contributed by atoms with Crippen LogP contribution >= 0.6 is 0 Å². The Balaban J connectivity index is 2.14. The Morgan fingerprint density at radius 1 is 0.370 bits per heavy atom. The predicted octanol–water partition coefficient (Wildman–Crippen LogP) is 21.1. The molecule has 0 aromatic rings. The van der Waals surface area contributed by atoms with Crippen molar-refractivity contribution in [2.75, 3.05) is 13.2 Å². The Labute approximate surface area is 569 Å². The molecule has 1 heterocycles. The van der Waals surface area contributed by atoms with Gasteiger partial charge < -0.3 is 50.5 Å². The van der Waals surface area contributed by atoms with Crippen LogP contribution in [0.4, 0.5) is 0 Å². The number of nitrogens with one attached hydrogen (secondary N) is 1. The van der Waals surface area contributed by atoms with Gasteiger partial charge in [0.05, 0.1) is 25.4 Å². The number of hydrogen-bond donors (Lipinski definition) is 8. The van der Waals surface area contributed by atoms with E-state index in [9.17, 15) is 40.5 Å². The van der Waals surface area contributed by atoms with Gasteiger partial charge in [-0.25, -0.2) is 0 Å². The van der Waals surface area contributed by atoms with E-state index in [2.05, 4.69) is 43.5 Å². The van der Waals surface area contributed by atoms with E-state index < -0.39 is 74.2 Å². The number of ether oxygens (including phenoxy) is 2. The lowest BCUT2D eigenvalue weighted by atomic mass is 9.98. The first-order valence-corrected chi connectivity index (χ1v) is 40.7. The number of unbranched alkanes of at least 4 members (excludes halogenated alkanes) is 57. The molecule has 0 bridgehead atoms. The number of carbonyl (C=O) groups is 1. The third kappa shape index (κ3) is 55.6. The Kier molecular flexibility index (Phi) is 66.9. The summed E-state index contributed by atoms with van der Waals surface area (Å²) in [5.74, 6) is -0.701. The van der Waals surface area contributed by atoms with Crippen LogP contribution in [0, 0.1) is 0 Å². The minimum absolute atomic E-state index is 0.250. The summed E-state index contributed by atoms with van der Waals surface area (Å²) in [6.07, 6.45) is 78.8. The van der Waals surface area contributed by atoms with Crippen molar-refractivity contribution < 1.29 is 50.0 Å². The normalized spacial score (nSPS) is 18.4. The molecular weight excluding hydrogens is 1150 g/mol. The Morgan fingerprint density at radius 3 is 0.967 bits per heavy atom. The molecule has 8 N–H and O–H groups in total. The van der Waals surface area contributed by atoms with E-state index in [-0.39, 0.29) is 12.8 Å². The lowest BCUT2D eigenvalue weighted by Gasteiger charge is -2.40. The highest BCUT2D eigenvalue weighted by atomic mass is 16.7. The molecule has 92 heavy (non-hydrogen) atoms. The minimum Gasteiger partial charge on any atom is -0.394 e. The zero-order valence-electron chi connectivity index (χ0n) is 60.8. The van der Waals surface area contributed by atoms with Gasteiger partial charge in [0.2, 0.25) is 5.91 Å². The van der Waals surface area contributed by atoms with Gasteiger partial charge in [0.1, 0.15) is 36.6 Å². The van der Waals surface area contributed by atoms with Crippen molar-refractivity contribution in [2.45, 2.75) is 473 Å². The van der Waals surface area contributed by atoms with E-state index in [1.807, 2.05) is 0 Å². The fourth-order valence-corrected chi connectivity index (χ4v) is 13.5. The lowest BCUT2D eigenvalue weighted by Crippen LogP contribution is -2.60. The lowest BCUT2D eigenvalue weighted by molar-refractivity contribution is -0.303. The molecule has 9 atom stereocenters. The van der Waals surface area contributed by atoms with Crippen molar-refractivity contribution in [3.63, 3.8) is 0 Å². The molecule has 0 aliphatic carbocycles. The summed E-state index contributed by atoms with van der Waals surface area (Å²) < 4.78 is 11.2. The maximum absolute atomic E-state index is 13.3. The number of aliphatic hydroxyl groups excluding tert-OH is 7. The van der Waals surface area contributed by atoms with Gasteiger partial charge in [-0.05, 0) is 51.4 Å². The van der Waals surface area contributed by atoms with E-state index in [1.165, 1.54) is 334 Å². The van der Waals surface area contributed by atoms with Crippen molar-refractivity contribution in [2.24, 2.45) is 0 Å². The van der Waals surface area contributed by atoms with Crippen LogP contribution in [0.3, 0.4) is 0 Å². The van der Waals surface area contributed by atoms with Crippen LogP contribution in [-0.4, -0.2) is 110 Å². The molecule has 0 radical (unpaired) electrons. The summed E-state index contributed by atoms with van der Waals surface area (Å²) in [7, 11) is 0. The number of rotatable bonds is 73. The topological polar surface area (TPSA) is 189 Å². The van der Waals surface area contributed by atoms with Crippen LogP contribution in [0.25, 0.3) is 0 Å². The third-order valence-electron chi connectivity index (χ3n) is 20.0. The van der Waals surface area contributed by atoms with Gasteiger partial charge in [-0.2, -0.15) is 0 Å². The highest BCUT2D eigenvalue weighted by Crippen LogP contribution is 2.25. The highest BCUT2D eigenvalue weighted by Gasteiger charge is 2.44. The molecule has 1 amide bonds. The third-order valence-corrected chi connectivity index (χ3v) is 20.0. The van der Waals surface area contributed by atoms with Gasteiger partial charge in [0, 0.05) is 0 Å². The SMILES string of the molecule is CCCCCCCCCCCCCCCCCCCCCCCC/C=C/CC/C=C/CCCC(O)C(O)C(COC1OC(CO)C(O)C(O)C1O)NC(=O)C(O)CCCCCCCCCCCCCCCCCCCCCCCCCCCCCCCCCCCC. The van der Waals surface area contributed by atoms with Gasteiger partial charge in [0.15, 0.2) is 6.29 Å². The molecule has 0 aromatic carbocycles. The monoisotopic (exact) mass is 1300 g/mol. The average molecular weight is 1310 g/mol. The quantitative estimate of drug-likeness (QED) is 0.0215. The van der Waals surface area contributed by atoms with Crippen molar-refractivity contribution in [1.82, 2.24) is 5.32 Å². The predicted molar refractivity (Wildman–Crippen MR) is 390 cm³/mol. The maximum Gasteiger partial charge on any atom is 0.249 e. The zero-order chi connectivity index (χ0) is 66.7. The van der Waals surface area contributed by atoms with Gasteiger partial charge in [-0.1, -0.05) is 391 Å². The number of allylic oxidation sites excluding steroid dienone is 4. The molecule has 11 nitrogen and oxygen atoms in total. The molecule has 11 heteroatoms. The van der Waals surface area contributed by atoms with Gasteiger partial charge in [-0.3, -0.25) is 4.79 Å². The molecule has 1 aliphatic rings. The van der Waals surface area contributed by atoms with Crippen molar-refractivity contribution in [3.8, 4) is 0 Å². The first-order chi connectivity index (χ1) is 45.2. The summed E-state index contributed by atoms with van der Waals surface area (Å²) in [5, 5.41) is 76.7. The van der Waals surface area contributed by atoms with E-state index >= 15 is 0 Å². The largest absolute Gasteiger partial charge is 0.394 e. The number of amides is 1. The van der Waals surface area contributed by atoms with Crippen LogP contribution in [0.15, 0.2) is 24.3 Å². The molecular formula is C81H157NO10. The molecule has 0 saturated carbocycles. The Hall–Kier alpha value is -1.41. The molecule has 0 spiro atoms. The maximum atomic E-state index is 13.3. The van der Waals surface area contributed by atoms with Crippen LogP contribution in [0.5, 0.6) is 0 Å². The summed E-state index contributed by atoms with van der Waals surface area (Å²) in [6, 6.07) is -1.19. The first kappa shape index (κ1) is 88.6. The summed E-state index contributed by atoms with van der Waals surface area (Å²) in [5.41, 5.74) is 0. The fourth-order valence-electron chi connectivity index (χ4n) is 13.5.